The summed E-state index contributed by atoms with van der Waals surface area (Å²) in [5.74, 6) is -1.28. The molecule has 0 radical (unpaired) electrons. The Bertz CT molecular complexity index is 460. The summed E-state index contributed by atoms with van der Waals surface area (Å²) in [4.78, 5) is 28.4. The Balaban J connectivity index is 2.06. The van der Waals surface area contributed by atoms with Gasteiger partial charge in [-0.2, -0.15) is 5.10 Å². The standard InChI is InChI=1S/C10H15N5O3/c1-7(15-6-12-5-13-15)8(16)14-3-2-10(11,4-14)9(17)18/h5-7H,2-4,11H2,1H3,(H,17,18). The molecule has 1 aromatic rings. The Morgan fingerprint density at radius 3 is 2.78 bits per heavy atom. The van der Waals surface area contributed by atoms with Crippen molar-refractivity contribution >= 4 is 11.9 Å². The molecule has 2 atom stereocenters. The first-order chi connectivity index (χ1) is 8.44. The van der Waals surface area contributed by atoms with Gasteiger partial charge in [0.1, 0.15) is 24.2 Å². The van der Waals surface area contributed by atoms with E-state index in [-0.39, 0.29) is 18.9 Å². The highest BCUT2D eigenvalue weighted by molar-refractivity contribution is 5.84. The number of hydrogen-bond acceptors (Lipinski definition) is 5. The zero-order chi connectivity index (χ0) is 13.3. The number of aliphatic carboxylic acids is 1. The van der Waals surface area contributed by atoms with E-state index in [9.17, 15) is 9.59 Å². The number of hydrogen-bond donors (Lipinski definition) is 2. The van der Waals surface area contributed by atoms with Crippen LogP contribution in [0.25, 0.3) is 0 Å². The number of carbonyl (C=O) groups is 2. The molecule has 2 heterocycles. The van der Waals surface area contributed by atoms with Gasteiger partial charge in [0, 0.05) is 13.1 Å². The molecule has 2 rings (SSSR count). The predicted molar refractivity (Wildman–Crippen MR) is 60.5 cm³/mol. The summed E-state index contributed by atoms with van der Waals surface area (Å²) >= 11 is 0. The molecular formula is C10H15N5O3. The summed E-state index contributed by atoms with van der Waals surface area (Å²) in [5, 5.41) is 12.9. The minimum absolute atomic E-state index is 0.0280. The average molecular weight is 253 g/mol. The normalized spacial score (nSPS) is 25.1. The first kappa shape index (κ1) is 12.5. The van der Waals surface area contributed by atoms with Crippen LogP contribution in [0.5, 0.6) is 0 Å². The summed E-state index contributed by atoms with van der Waals surface area (Å²) in [5.41, 5.74) is 4.39. The van der Waals surface area contributed by atoms with Gasteiger partial charge < -0.3 is 15.7 Å². The minimum Gasteiger partial charge on any atom is -0.480 e. The monoisotopic (exact) mass is 253 g/mol. The fraction of sp³-hybridized carbons (Fsp3) is 0.600. The van der Waals surface area contributed by atoms with E-state index in [4.69, 9.17) is 10.8 Å². The number of carbonyl (C=O) groups excluding carboxylic acids is 1. The van der Waals surface area contributed by atoms with Gasteiger partial charge in [-0.1, -0.05) is 0 Å². The van der Waals surface area contributed by atoms with Gasteiger partial charge in [-0.05, 0) is 13.3 Å². The van der Waals surface area contributed by atoms with Gasteiger partial charge in [0.25, 0.3) is 0 Å². The molecule has 1 amide bonds. The second-order valence-corrected chi connectivity index (χ2v) is 4.52. The molecule has 1 saturated heterocycles. The van der Waals surface area contributed by atoms with Crippen LogP contribution in [-0.2, 0) is 9.59 Å². The number of carboxylic acid groups (broad SMARTS) is 1. The van der Waals surface area contributed by atoms with Crippen LogP contribution in [0.1, 0.15) is 19.4 Å². The lowest BCUT2D eigenvalue weighted by Crippen LogP contribution is -2.51. The molecular weight excluding hydrogens is 238 g/mol. The fourth-order valence-electron chi connectivity index (χ4n) is 1.99. The number of nitrogens with zero attached hydrogens (tertiary/aromatic N) is 4. The third-order valence-corrected chi connectivity index (χ3v) is 3.23. The van der Waals surface area contributed by atoms with E-state index in [0.717, 1.165) is 0 Å². The number of nitrogens with two attached hydrogens (primary N) is 1. The highest BCUT2D eigenvalue weighted by atomic mass is 16.4. The third-order valence-electron chi connectivity index (χ3n) is 3.23. The van der Waals surface area contributed by atoms with E-state index >= 15 is 0 Å². The van der Waals surface area contributed by atoms with Crippen LogP contribution in [0.2, 0.25) is 0 Å². The molecule has 1 fully saturated rings. The van der Waals surface area contributed by atoms with E-state index in [1.807, 2.05) is 0 Å². The van der Waals surface area contributed by atoms with Gasteiger partial charge >= 0.3 is 5.97 Å². The van der Waals surface area contributed by atoms with Crippen molar-refractivity contribution in [1.29, 1.82) is 0 Å². The van der Waals surface area contributed by atoms with Gasteiger partial charge in [-0.15, -0.1) is 0 Å². The summed E-state index contributed by atoms with van der Waals surface area (Å²) in [6.07, 6.45) is 3.06. The van der Waals surface area contributed by atoms with Crippen LogP contribution in [0.3, 0.4) is 0 Å². The van der Waals surface area contributed by atoms with Crippen molar-refractivity contribution in [3.8, 4) is 0 Å². The molecule has 0 aliphatic carbocycles. The zero-order valence-corrected chi connectivity index (χ0v) is 9.98. The predicted octanol–water partition coefficient (Wildman–Crippen LogP) is -1.15. The van der Waals surface area contributed by atoms with Crippen LogP contribution >= 0.6 is 0 Å². The Kier molecular flexibility index (Phi) is 3.04. The third kappa shape index (κ3) is 2.06. The number of likely N-dealkylation sites (tertiary alicyclic amines) is 1. The lowest BCUT2D eigenvalue weighted by Gasteiger charge is -2.22. The number of carboxylic acids is 1. The highest BCUT2D eigenvalue weighted by Gasteiger charge is 2.43. The Labute approximate surface area is 103 Å². The van der Waals surface area contributed by atoms with Crippen molar-refractivity contribution in [2.45, 2.75) is 24.9 Å². The lowest BCUT2D eigenvalue weighted by atomic mass is 10.0. The maximum atomic E-state index is 12.1. The van der Waals surface area contributed by atoms with Crippen LogP contribution in [-0.4, -0.2) is 55.3 Å². The molecule has 18 heavy (non-hydrogen) atoms. The van der Waals surface area contributed by atoms with Crippen molar-refractivity contribution in [3.05, 3.63) is 12.7 Å². The summed E-state index contributed by atoms with van der Waals surface area (Å²) in [6.45, 7) is 2.06. The molecule has 2 unspecified atom stereocenters. The second-order valence-electron chi connectivity index (χ2n) is 4.52. The molecule has 0 spiro atoms. The molecule has 0 saturated carbocycles. The topological polar surface area (TPSA) is 114 Å². The Morgan fingerprint density at radius 2 is 2.28 bits per heavy atom. The van der Waals surface area contributed by atoms with Crippen LogP contribution in [0, 0.1) is 0 Å². The SMILES string of the molecule is CC(C(=O)N1CCC(N)(C(=O)O)C1)n1cncn1. The molecule has 1 aromatic heterocycles. The van der Waals surface area contributed by atoms with Gasteiger partial charge in [-0.25, -0.2) is 9.67 Å². The Hall–Kier alpha value is -1.96. The Morgan fingerprint density at radius 1 is 1.56 bits per heavy atom. The molecule has 0 bridgehead atoms. The van der Waals surface area contributed by atoms with Crippen LogP contribution in [0.4, 0.5) is 0 Å². The number of aromatic nitrogens is 3. The summed E-state index contributed by atoms with van der Waals surface area (Å²) in [7, 11) is 0. The van der Waals surface area contributed by atoms with E-state index in [0.29, 0.717) is 6.54 Å². The maximum absolute atomic E-state index is 12.1. The molecule has 1 aliphatic heterocycles. The van der Waals surface area contributed by atoms with Gasteiger partial charge in [0.05, 0.1) is 0 Å². The van der Waals surface area contributed by atoms with Crippen molar-refractivity contribution in [1.82, 2.24) is 19.7 Å². The van der Waals surface area contributed by atoms with Gasteiger partial charge in [-0.3, -0.25) is 9.59 Å². The van der Waals surface area contributed by atoms with Crippen molar-refractivity contribution in [2.24, 2.45) is 5.73 Å². The van der Waals surface area contributed by atoms with Gasteiger partial charge in [0.2, 0.25) is 5.91 Å². The molecule has 3 N–H and O–H groups in total. The highest BCUT2D eigenvalue weighted by Crippen LogP contribution is 2.21. The number of amides is 1. The second kappa shape index (κ2) is 4.37. The summed E-state index contributed by atoms with van der Waals surface area (Å²) < 4.78 is 1.43. The van der Waals surface area contributed by atoms with Crippen molar-refractivity contribution < 1.29 is 14.7 Å². The minimum atomic E-state index is -1.34. The first-order valence-electron chi connectivity index (χ1n) is 5.59. The van der Waals surface area contributed by atoms with E-state index < -0.39 is 17.6 Å². The van der Waals surface area contributed by atoms with E-state index in [2.05, 4.69) is 10.1 Å². The summed E-state index contributed by atoms with van der Waals surface area (Å²) in [6, 6.07) is -0.511. The lowest BCUT2D eigenvalue weighted by molar-refractivity contribution is -0.143. The van der Waals surface area contributed by atoms with Crippen LogP contribution in [0.15, 0.2) is 12.7 Å². The number of rotatable bonds is 3. The molecule has 98 valence electrons. The first-order valence-corrected chi connectivity index (χ1v) is 5.59. The molecule has 0 aromatic carbocycles. The fourth-order valence-corrected chi connectivity index (χ4v) is 1.99. The average Bonchev–Trinajstić information content (AvgIpc) is 2.96. The smallest absolute Gasteiger partial charge is 0.325 e. The maximum Gasteiger partial charge on any atom is 0.325 e. The zero-order valence-electron chi connectivity index (χ0n) is 9.98. The largest absolute Gasteiger partial charge is 0.480 e. The molecule has 8 nitrogen and oxygen atoms in total. The quantitative estimate of drug-likeness (QED) is 0.703. The van der Waals surface area contributed by atoms with Crippen molar-refractivity contribution in [2.75, 3.05) is 13.1 Å². The van der Waals surface area contributed by atoms with Crippen LogP contribution < -0.4 is 5.73 Å². The van der Waals surface area contributed by atoms with E-state index in [1.54, 1.807) is 6.92 Å². The molecule has 8 heteroatoms. The van der Waals surface area contributed by atoms with Gasteiger partial charge in [0.15, 0.2) is 0 Å². The van der Waals surface area contributed by atoms with E-state index in [1.165, 1.54) is 22.2 Å². The van der Waals surface area contributed by atoms with Crippen molar-refractivity contribution in [3.63, 3.8) is 0 Å². The molecule has 1 aliphatic rings.